The van der Waals surface area contributed by atoms with E-state index in [2.05, 4.69) is 0 Å². The number of carboxylic acid groups (broad SMARTS) is 2. The molecule has 0 aromatic carbocycles. The first-order chi connectivity index (χ1) is 6.54. The maximum atomic E-state index is 10.9. The van der Waals surface area contributed by atoms with Gasteiger partial charge in [-0.3, -0.25) is 0 Å². The Labute approximate surface area is 77.7 Å². The molecule has 0 aromatic heterocycles. The molecular formula is C8H6O6. The van der Waals surface area contributed by atoms with Gasteiger partial charge in [0.05, 0.1) is 0 Å². The lowest BCUT2D eigenvalue weighted by Gasteiger charge is -2.08. The third-order valence-corrected chi connectivity index (χ3v) is 2.91. The maximum absolute atomic E-state index is 10.9. The van der Waals surface area contributed by atoms with Crippen molar-refractivity contribution >= 4 is 11.9 Å². The van der Waals surface area contributed by atoms with E-state index in [4.69, 9.17) is 19.7 Å². The maximum Gasteiger partial charge on any atom is 0.342 e. The normalized spacial score (nSPS) is 51.7. The molecule has 1 aliphatic carbocycles. The Morgan fingerprint density at radius 3 is 2.50 bits per heavy atom. The van der Waals surface area contributed by atoms with Gasteiger partial charge < -0.3 is 19.7 Å². The van der Waals surface area contributed by atoms with Crippen LogP contribution >= 0.6 is 0 Å². The van der Waals surface area contributed by atoms with Crippen LogP contribution in [-0.2, 0) is 19.1 Å². The second-order valence-corrected chi connectivity index (χ2v) is 3.59. The van der Waals surface area contributed by atoms with Crippen LogP contribution in [0.1, 0.15) is 0 Å². The summed E-state index contributed by atoms with van der Waals surface area (Å²) in [5.74, 6) is -2.34. The fourth-order valence-electron chi connectivity index (χ4n) is 2.01. The van der Waals surface area contributed by atoms with Crippen molar-refractivity contribution < 1.29 is 29.3 Å². The van der Waals surface area contributed by atoms with Crippen LogP contribution in [0.3, 0.4) is 0 Å². The fourth-order valence-corrected chi connectivity index (χ4v) is 2.01. The summed E-state index contributed by atoms with van der Waals surface area (Å²) >= 11 is 0. The number of carboxylic acids is 2. The van der Waals surface area contributed by atoms with Crippen LogP contribution < -0.4 is 0 Å². The van der Waals surface area contributed by atoms with Crippen molar-refractivity contribution in [3.63, 3.8) is 0 Å². The van der Waals surface area contributed by atoms with Gasteiger partial charge in [-0.15, -0.1) is 0 Å². The number of aliphatic carboxylic acids is 2. The number of hydrogen-bond donors (Lipinski definition) is 2. The lowest BCUT2D eigenvalue weighted by molar-refractivity contribution is -0.144. The van der Waals surface area contributed by atoms with Crippen molar-refractivity contribution in [2.24, 2.45) is 0 Å². The summed E-state index contributed by atoms with van der Waals surface area (Å²) in [7, 11) is 0. The molecule has 74 valence electrons. The summed E-state index contributed by atoms with van der Waals surface area (Å²) in [5.41, 5.74) is -2.92. The molecule has 14 heavy (non-hydrogen) atoms. The first-order valence-electron chi connectivity index (χ1n) is 4.06. The standard InChI is InChI=1S/C8H6O6/c9-5(10)7-2-1-3-8(13-3,6(11)12)4(7)14-7/h1-4H,(H,9,10)(H,11,12). The number of fused-ring (bicyclic) bond motifs is 3. The predicted octanol–water partition coefficient (Wildman–Crippen LogP) is -0.999. The fraction of sp³-hybridized carbons (Fsp3) is 0.500. The van der Waals surface area contributed by atoms with E-state index < -0.39 is 35.3 Å². The molecule has 0 spiro atoms. The van der Waals surface area contributed by atoms with Crippen molar-refractivity contribution in [2.75, 3.05) is 0 Å². The van der Waals surface area contributed by atoms with Gasteiger partial charge in [-0.25, -0.2) is 9.59 Å². The average Bonchev–Trinajstić information content (AvgIpc) is 2.96. The van der Waals surface area contributed by atoms with Crippen LogP contribution in [0.4, 0.5) is 0 Å². The highest BCUT2D eigenvalue weighted by Crippen LogP contribution is 2.59. The number of carbonyl (C=O) groups is 2. The Morgan fingerprint density at radius 2 is 1.93 bits per heavy atom. The van der Waals surface area contributed by atoms with Crippen LogP contribution in [-0.4, -0.2) is 45.6 Å². The second-order valence-electron chi connectivity index (χ2n) is 3.59. The molecule has 2 saturated heterocycles. The molecule has 0 amide bonds. The van der Waals surface area contributed by atoms with E-state index in [9.17, 15) is 9.59 Å². The Morgan fingerprint density at radius 1 is 1.21 bits per heavy atom. The van der Waals surface area contributed by atoms with Crippen LogP contribution in [0.15, 0.2) is 12.2 Å². The summed E-state index contributed by atoms with van der Waals surface area (Å²) < 4.78 is 9.93. The van der Waals surface area contributed by atoms with Gasteiger partial charge in [0.1, 0.15) is 12.2 Å². The molecule has 2 N–H and O–H groups in total. The number of ether oxygens (including phenoxy) is 2. The summed E-state index contributed by atoms with van der Waals surface area (Å²) in [5, 5.41) is 17.7. The highest BCUT2D eigenvalue weighted by molar-refractivity contribution is 5.93. The predicted molar refractivity (Wildman–Crippen MR) is 39.6 cm³/mol. The van der Waals surface area contributed by atoms with Crippen LogP contribution in [0.2, 0.25) is 0 Å². The van der Waals surface area contributed by atoms with Gasteiger partial charge in [0.25, 0.3) is 0 Å². The smallest absolute Gasteiger partial charge is 0.342 e. The summed E-state index contributed by atoms with van der Waals surface area (Å²) in [6, 6.07) is 0. The molecule has 3 aliphatic rings. The highest BCUT2D eigenvalue weighted by Gasteiger charge is 2.84. The van der Waals surface area contributed by atoms with Gasteiger partial charge >= 0.3 is 11.9 Å². The van der Waals surface area contributed by atoms with E-state index in [1.165, 1.54) is 12.2 Å². The van der Waals surface area contributed by atoms with E-state index in [0.717, 1.165) is 0 Å². The molecule has 2 heterocycles. The largest absolute Gasteiger partial charge is 0.479 e. The Balaban J connectivity index is 2.02. The third kappa shape index (κ3) is 0.593. The minimum atomic E-state index is -1.47. The molecule has 0 bridgehead atoms. The van der Waals surface area contributed by atoms with E-state index in [1.54, 1.807) is 0 Å². The first kappa shape index (κ1) is 7.95. The van der Waals surface area contributed by atoms with Gasteiger partial charge in [0, 0.05) is 0 Å². The van der Waals surface area contributed by atoms with E-state index in [0.29, 0.717) is 0 Å². The van der Waals surface area contributed by atoms with Crippen molar-refractivity contribution in [2.45, 2.75) is 23.4 Å². The molecule has 2 fully saturated rings. The number of epoxide rings is 2. The zero-order valence-electron chi connectivity index (χ0n) is 6.84. The molecule has 2 aliphatic heterocycles. The van der Waals surface area contributed by atoms with Crippen LogP contribution in [0.5, 0.6) is 0 Å². The Kier molecular flexibility index (Phi) is 1.05. The van der Waals surface area contributed by atoms with E-state index >= 15 is 0 Å². The minimum absolute atomic E-state index is 0.542. The van der Waals surface area contributed by atoms with Gasteiger partial charge in [-0.2, -0.15) is 0 Å². The van der Waals surface area contributed by atoms with Crippen LogP contribution in [0, 0.1) is 0 Å². The molecule has 0 saturated carbocycles. The summed E-state index contributed by atoms with van der Waals surface area (Å²) in [4.78, 5) is 21.7. The average molecular weight is 198 g/mol. The Bertz CT molecular complexity index is 387. The quantitative estimate of drug-likeness (QED) is 0.436. The molecule has 0 radical (unpaired) electrons. The lowest BCUT2D eigenvalue weighted by atomic mass is 9.86. The van der Waals surface area contributed by atoms with Crippen molar-refractivity contribution in [1.82, 2.24) is 0 Å². The third-order valence-electron chi connectivity index (χ3n) is 2.91. The lowest BCUT2D eigenvalue weighted by Crippen LogP contribution is -2.41. The monoisotopic (exact) mass is 198 g/mol. The van der Waals surface area contributed by atoms with E-state index in [-0.39, 0.29) is 0 Å². The zero-order chi connectivity index (χ0) is 10.1. The SMILES string of the molecule is O=C(O)C12C=CC3OC3(C(=O)O)C1O2. The van der Waals surface area contributed by atoms with Gasteiger partial charge in [-0.05, 0) is 6.08 Å². The van der Waals surface area contributed by atoms with E-state index in [1.807, 2.05) is 0 Å². The zero-order valence-corrected chi connectivity index (χ0v) is 6.84. The minimum Gasteiger partial charge on any atom is -0.479 e. The second kappa shape index (κ2) is 1.84. The van der Waals surface area contributed by atoms with Crippen molar-refractivity contribution in [1.29, 1.82) is 0 Å². The number of rotatable bonds is 2. The number of hydrogen-bond acceptors (Lipinski definition) is 4. The van der Waals surface area contributed by atoms with Gasteiger partial charge in [0.2, 0.25) is 11.2 Å². The molecule has 6 nitrogen and oxygen atoms in total. The first-order valence-corrected chi connectivity index (χ1v) is 4.06. The molecular weight excluding hydrogens is 192 g/mol. The summed E-state index contributed by atoms with van der Waals surface area (Å²) in [6.07, 6.45) is 1.37. The molecule has 4 unspecified atom stereocenters. The summed E-state index contributed by atoms with van der Waals surface area (Å²) in [6.45, 7) is 0. The van der Waals surface area contributed by atoms with Crippen LogP contribution in [0.25, 0.3) is 0 Å². The molecule has 0 aromatic rings. The molecule has 6 heteroatoms. The highest BCUT2D eigenvalue weighted by atomic mass is 16.7. The van der Waals surface area contributed by atoms with Crippen molar-refractivity contribution in [3.05, 3.63) is 12.2 Å². The van der Waals surface area contributed by atoms with Gasteiger partial charge in [0.15, 0.2) is 0 Å². The topological polar surface area (TPSA) is 99.7 Å². The molecule has 4 atom stereocenters. The van der Waals surface area contributed by atoms with Gasteiger partial charge in [-0.1, -0.05) is 6.08 Å². The Hall–Kier alpha value is -1.40. The van der Waals surface area contributed by atoms with Crippen molar-refractivity contribution in [3.8, 4) is 0 Å². The molecule has 3 rings (SSSR count).